The molecule has 1 heterocycles. The van der Waals surface area contributed by atoms with Crippen LogP contribution >= 0.6 is 0 Å². The van der Waals surface area contributed by atoms with Gasteiger partial charge in [0.05, 0.1) is 6.61 Å². The van der Waals surface area contributed by atoms with E-state index in [0.717, 1.165) is 0 Å². The van der Waals surface area contributed by atoms with Gasteiger partial charge >= 0.3 is 0 Å². The van der Waals surface area contributed by atoms with Gasteiger partial charge in [0.1, 0.15) is 5.69 Å². The van der Waals surface area contributed by atoms with E-state index in [9.17, 15) is 4.79 Å². The number of pyridine rings is 1. The summed E-state index contributed by atoms with van der Waals surface area (Å²) in [6.45, 7) is 4.17. The van der Waals surface area contributed by atoms with Crippen LogP contribution in [0.4, 0.5) is 5.69 Å². The maximum atomic E-state index is 11.3. The molecule has 4 nitrogen and oxygen atoms in total. The molecule has 80 valence electrons. The van der Waals surface area contributed by atoms with Crippen LogP contribution in [-0.4, -0.2) is 17.5 Å². The van der Waals surface area contributed by atoms with Gasteiger partial charge in [0.2, 0.25) is 11.8 Å². The number of rotatable bonds is 4. The number of allylic oxidation sites excluding steroid dienone is 1. The Morgan fingerprint density at radius 1 is 1.67 bits per heavy atom. The van der Waals surface area contributed by atoms with Crippen molar-refractivity contribution in [1.29, 1.82) is 0 Å². The molecule has 0 aromatic carbocycles. The van der Waals surface area contributed by atoms with Crippen molar-refractivity contribution in [2.75, 3.05) is 11.9 Å². The van der Waals surface area contributed by atoms with E-state index >= 15 is 0 Å². The van der Waals surface area contributed by atoms with E-state index in [2.05, 4.69) is 10.3 Å². The summed E-state index contributed by atoms with van der Waals surface area (Å²) >= 11 is 0. The lowest BCUT2D eigenvalue weighted by Crippen LogP contribution is -2.10. The van der Waals surface area contributed by atoms with Crippen molar-refractivity contribution in [1.82, 2.24) is 4.98 Å². The molecule has 0 aliphatic carbocycles. The third-order valence-corrected chi connectivity index (χ3v) is 1.63. The van der Waals surface area contributed by atoms with Crippen LogP contribution in [0, 0.1) is 0 Å². The minimum absolute atomic E-state index is 0.188. The number of amides is 1. The average Bonchev–Trinajstić information content (AvgIpc) is 2.21. The Kier molecular flexibility index (Phi) is 4.34. The standard InChI is InChI=1S/C11H14N2O2/c1-3-6-10(14)13-9-7-5-8-12-11(9)15-4-2/h3,5-8H,4H2,1-2H3,(H,13,14). The van der Waals surface area contributed by atoms with Gasteiger partial charge in [-0.05, 0) is 32.1 Å². The van der Waals surface area contributed by atoms with E-state index in [-0.39, 0.29) is 5.91 Å². The van der Waals surface area contributed by atoms with Crippen LogP contribution < -0.4 is 10.1 Å². The molecule has 1 rings (SSSR count). The summed E-state index contributed by atoms with van der Waals surface area (Å²) in [5.74, 6) is 0.254. The first-order valence-electron chi connectivity index (χ1n) is 4.79. The van der Waals surface area contributed by atoms with Crippen molar-refractivity contribution in [2.45, 2.75) is 13.8 Å². The molecule has 15 heavy (non-hydrogen) atoms. The first kappa shape index (κ1) is 11.2. The third kappa shape index (κ3) is 3.42. The molecule has 4 heteroatoms. The molecule has 0 unspecified atom stereocenters. The monoisotopic (exact) mass is 206 g/mol. The van der Waals surface area contributed by atoms with Gasteiger partial charge in [0, 0.05) is 6.20 Å². The Hall–Kier alpha value is -1.84. The van der Waals surface area contributed by atoms with E-state index in [4.69, 9.17) is 4.74 Å². The fourth-order valence-corrected chi connectivity index (χ4v) is 1.06. The first-order chi connectivity index (χ1) is 7.27. The average molecular weight is 206 g/mol. The van der Waals surface area contributed by atoms with Crippen LogP contribution in [0.5, 0.6) is 5.88 Å². The lowest BCUT2D eigenvalue weighted by Gasteiger charge is -2.08. The maximum Gasteiger partial charge on any atom is 0.248 e. The zero-order valence-electron chi connectivity index (χ0n) is 8.86. The van der Waals surface area contributed by atoms with E-state index in [1.54, 1.807) is 31.3 Å². The number of nitrogens with zero attached hydrogens (tertiary/aromatic N) is 1. The smallest absolute Gasteiger partial charge is 0.248 e. The van der Waals surface area contributed by atoms with Crippen molar-refractivity contribution < 1.29 is 9.53 Å². The van der Waals surface area contributed by atoms with Gasteiger partial charge in [-0.3, -0.25) is 4.79 Å². The Labute approximate surface area is 89.0 Å². The molecule has 0 atom stereocenters. The van der Waals surface area contributed by atoms with Gasteiger partial charge < -0.3 is 10.1 Å². The Balaban J connectivity index is 2.79. The number of carbonyl (C=O) groups is 1. The number of ether oxygens (including phenoxy) is 1. The second kappa shape index (κ2) is 5.80. The number of hydrogen-bond acceptors (Lipinski definition) is 3. The van der Waals surface area contributed by atoms with Crippen LogP contribution in [0.1, 0.15) is 13.8 Å². The minimum atomic E-state index is -0.188. The molecule has 0 radical (unpaired) electrons. The second-order valence-corrected chi connectivity index (χ2v) is 2.78. The van der Waals surface area contributed by atoms with Gasteiger partial charge in [-0.1, -0.05) is 6.08 Å². The lowest BCUT2D eigenvalue weighted by atomic mass is 10.4. The topological polar surface area (TPSA) is 51.2 Å². The lowest BCUT2D eigenvalue weighted by molar-refractivity contribution is -0.111. The zero-order valence-corrected chi connectivity index (χ0v) is 8.86. The molecule has 0 aliphatic heterocycles. The zero-order chi connectivity index (χ0) is 11.1. The predicted octanol–water partition coefficient (Wildman–Crippen LogP) is 1.99. The van der Waals surface area contributed by atoms with Crippen LogP contribution in [0.25, 0.3) is 0 Å². The van der Waals surface area contributed by atoms with Crippen molar-refractivity contribution in [3.8, 4) is 5.88 Å². The molecule has 1 amide bonds. The summed E-state index contributed by atoms with van der Waals surface area (Å²) < 4.78 is 5.27. The Morgan fingerprint density at radius 3 is 3.13 bits per heavy atom. The molecule has 0 bridgehead atoms. The van der Waals surface area contributed by atoms with Crippen LogP contribution in [-0.2, 0) is 4.79 Å². The minimum Gasteiger partial charge on any atom is -0.476 e. The molecule has 0 fully saturated rings. The normalized spacial score (nSPS) is 10.3. The van der Waals surface area contributed by atoms with Gasteiger partial charge in [-0.15, -0.1) is 0 Å². The first-order valence-corrected chi connectivity index (χ1v) is 4.79. The number of nitrogens with one attached hydrogen (secondary N) is 1. The second-order valence-electron chi connectivity index (χ2n) is 2.78. The largest absolute Gasteiger partial charge is 0.476 e. The molecular weight excluding hydrogens is 192 g/mol. The summed E-state index contributed by atoms with van der Waals surface area (Å²) in [6.07, 6.45) is 4.74. The van der Waals surface area contributed by atoms with E-state index in [0.29, 0.717) is 18.2 Å². The maximum absolute atomic E-state index is 11.3. The highest BCUT2D eigenvalue weighted by molar-refractivity contribution is 5.99. The van der Waals surface area contributed by atoms with Crippen molar-refractivity contribution in [3.05, 3.63) is 30.5 Å². The molecule has 1 N–H and O–H groups in total. The quantitative estimate of drug-likeness (QED) is 0.766. The highest BCUT2D eigenvalue weighted by Gasteiger charge is 2.05. The van der Waals surface area contributed by atoms with Gasteiger partial charge in [0.15, 0.2) is 0 Å². The SMILES string of the molecule is CC=CC(=O)Nc1cccnc1OCC. The molecule has 0 saturated carbocycles. The van der Waals surface area contributed by atoms with E-state index < -0.39 is 0 Å². The number of carbonyl (C=O) groups excluding carboxylic acids is 1. The molecule has 0 saturated heterocycles. The number of anilines is 1. The summed E-state index contributed by atoms with van der Waals surface area (Å²) in [6, 6.07) is 3.49. The van der Waals surface area contributed by atoms with Crippen molar-refractivity contribution in [3.63, 3.8) is 0 Å². The number of aromatic nitrogens is 1. The van der Waals surface area contributed by atoms with Gasteiger partial charge in [-0.2, -0.15) is 0 Å². The third-order valence-electron chi connectivity index (χ3n) is 1.63. The summed E-state index contributed by atoms with van der Waals surface area (Å²) in [4.78, 5) is 15.3. The molecule has 1 aromatic rings. The van der Waals surface area contributed by atoms with Crippen LogP contribution in [0.3, 0.4) is 0 Å². The van der Waals surface area contributed by atoms with Crippen LogP contribution in [0.15, 0.2) is 30.5 Å². The fraction of sp³-hybridized carbons (Fsp3) is 0.273. The van der Waals surface area contributed by atoms with Crippen LogP contribution in [0.2, 0.25) is 0 Å². The molecular formula is C11H14N2O2. The number of hydrogen-bond donors (Lipinski definition) is 1. The highest BCUT2D eigenvalue weighted by atomic mass is 16.5. The van der Waals surface area contributed by atoms with Gasteiger partial charge in [-0.25, -0.2) is 4.98 Å². The Morgan fingerprint density at radius 2 is 2.47 bits per heavy atom. The van der Waals surface area contributed by atoms with E-state index in [1.165, 1.54) is 6.08 Å². The van der Waals surface area contributed by atoms with Gasteiger partial charge in [0.25, 0.3) is 0 Å². The molecule has 0 spiro atoms. The predicted molar refractivity (Wildman–Crippen MR) is 58.8 cm³/mol. The summed E-state index contributed by atoms with van der Waals surface area (Å²) in [7, 11) is 0. The molecule has 1 aromatic heterocycles. The van der Waals surface area contributed by atoms with Crippen molar-refractivity contribution in [2.24, 2.45) is 0 Å². The fourth-order valence-electron chi connectivity index (χ4n) is 1.06. The molecule has 0 aliphatic rings. The highest BCUT2D eigenvalue weighted by Crippen LogP contribution is 2.20. The Bertz CT molecular complexity index is 361. The van der Waals surface area contributed by atoms with Crippen molar-refractivity contribution >= 4 is 11.6 Å². The summed E-state index contributed by atoms with van der Waals surface area (Å²) in [5.41, 5.74) is 0.586. The summed E-state index contributed by atoms with van der Waals surface area (Å²) in [5, 5.41) is 2.68. The van der Waals surface area contributed by atoms with E-state index in [1.807, 2.05) is 6.92 Å².